The molecule has 0 atom stereocenters. The van der Waals surface area contributed by atoms with Gasteiger partial charge in [0, 0.05) is 3.57 Å². The molecule has 0 radical (unpaired) electrons. The molecule has 1 aromatic carbocycles. The van der Waals surface area contributed by atoms with E-state index in [9.17, 15) is 4.79 Å². The summed E-state index contributed by atoms with van der Waals surface area (Å²) < 4.78 is 5.77. The first kappa shape index (κ1) is 10.8. The quantitative estimate of drug-likeness (QED) is 0.487. The molecule has 0 unspecified atom stereocenters. The number of carbonyl (C=O) groups excluding carboxylic acids is 1. The van der Waals surface area contributed by atoms with Gasteiger partial charge in [-0.05, 0) is 34.7 Å². The van der Waals surface area contributed by atoms with Crippen LogP contribution in [0.4, 0.5) is 0 Å². The summed E-state index contributed by atoms with van der Waals surface area (Å²) in [7, 11) is 0. The minimum atomic E-state index is -0.314. The van der Waals surface area contributed by atoms with Crippen LogP contribution in [0.5, 0.6) is 0 Å². The van der Waals surface area contributed by atoms with E-state index >= 15 is 0 Å². The van der Waals surface area contributed by atoms with Crippen molar-refractivity contribution < 1.29 is 9.53 Å². The second-order valence-electron chi connectivity index (χ2n) is 2.30. The fourth-order valence-electron chi connectivity index (χ4n) is 0.836. The van der Waals surface area contributed by atoms with Crippen molar-refractivity contribution in [3.63, 3.8) is 0 Å². The number of esters is 1. The van der Waals surface area contributed by atoms with Crippen LogP contribution in [0.15, 0.2) is 24.3 Å². The number of alkyl halides is 1. The van der Waals surface area contributed by atoms with Crippen molar-refractivity contribution in [2.24, 2.45) is 0 Å². The van der Waals surface area contributed by atoms with Gasteiger partial charge < -0.3 is 4.74 Å². The zero-order valence-corrected chi connectivity index (χ0v) is 9.71. The second-order valence-corrected chi connectivity index (χ2v) is 3.84. The Labute approximate surface area is 95.4 Å². The molecule has 4 heteroatoms. The Morgan fingerprint density at radius 1 is 1.46 bits per heavy atom. The summed E-state index contributed by atoms with van der Waals surface area (Å²) in [5.41, 5.74) is 0.591. The van der Waals surface area contributed by atoms with E-state index in [-0.39, 0.29) is 12.6 Å². The maximum absolute atomic E-state index is 11.3. The Hall–Kier alpha value is -0.290. The molecular weight excluding hydrogens is 302 g/mol. The Bertz CT molecular complexity index is 301. The van der Waals surface area contributed by atoms with Crippen LogP contribution >= 0.6 is 34.2 Å². The van der Waals surface area contributed by atoms with Gasteiger partial charge in [0.1, 0.15) is 6.61 Å². The minimum Gasteiger partial charge on any atom is -0.461 e. The van der Waals surface area contributed by atoms with E-state index in [1.165, 1.54) is 0 Å². The first-order chi connectivity index (χ1) is 6.25. The van der Waals surface area contributed by atoms with Crippen molar-refractivity contribution in [2.45, 2.75) is 0 Å². The molecule has 1 rings (SSSR count). The highest BCUT2D eigenvalue weighted by Gasteiger charge is 2.09. The molecule has 0 spiro atoms. The smallest absolute Gasteiger partial charge is 0.339 e. The van der Waals surface area contributed by atoms with Gasteiger partial charge in [0.15, 0.2) is 0 Å². The lowest BCUT2D eigenvalue weighted by atomic mass is 10.2. The highest BCUT2D eigenvalue weighted by atomic mass is 127. The van der Waals surface area contributed by atoms with E-state index in [0.29, 0.717) is 11.4 Å². The molecule has 0 amide bonds. The predicted octanol–water partition coefficient (Wildman–Crippen LogP) is 2.69. The van der Waals surface area contributed by atoms with Gasteiger partial charge in [-0.15, -0.1) is 11.6 Å². The van der Waals surface area contributed by atoms with E-state index in [4.69, 9.17) is 16.3 Å². The highest BCUT2D eigenvalue weighted by Crippen LogP contribution is 2.12. The summed E-state index contributed by atoms with van der Waals surface area (Å²) >= 11 is 7.49. The lowest BCUT2D eigenvalue weighted by molar-refractivity contribution is 0.0528. The van der Waals surface area contributed by atoms with Crippen molar-refractivity contribution in [3.8, 4) is 0 Å². The summed E-state index contributed by atoms with van der Waals surface area (Å²) in [6.07, 6.45) is 0. The SMILES string of the molecule is O=C(OCCCl)c1ccccc1I. The van der Waals surface area contributed by atoms with Crippen LogP contribution in [-0.4, -0.2) is 18.5 Å². The number of benzene rings is 1. The number of hydrogen-bond acceptors (Lipinski definition) is 2. The molecular formula is C9H8ClIO2. The first-order valence-electron chi connectivity index (χ1n) is 3.73. The Balaban J connectivity index is 2.71. The molecule has 13 heavy (non-hydrogen) atoms. The molecule has 0 aliphatic carbocycles. The van der Waals surface area contributed by atoms with Crippen LogP contribution in [0.2, 0.25) is 0 Å². The molecule has 0 bridgehead atoms. The maximum Gasteiger partial charge on any atom is 0.339 e. The average molecular weight is 311 g/mol. The van der Waals surface area contributed by atoms with Crippen LogP contribution in [0.3, 0.4) is 0 Å². The number of hydrogen-bond donors (Lipinski definition) is 0. The van der Waals surface area contributed by atoms with Crippen LogP contribution in [0.25, 0.3) is 0 Å². The molecule has 1 aromatic rings. The molecule has 0 saturated heterocycles. The third kappa shape index (κ3) is 3.15. The normalized spacial score (nSPS) is 9.69. The summed E-state index contributed by atoms with van der Waals surface area (Å²) in [5, 5.41) is 0. The first-order valence-corrected chi connectivity index (χ1v) is 5.34. The zero-order valence-electron chi connectivity index (χ0n) is 6.80. The van der Waals surface area contributed by atoms with E-state index in [2.05, 4.69) is 22.6 Å². The standard InChI is InChI=1S/C9H8ClIO2/c10-5-6-13-9(12)7-3-1-2-4-8(7)11/h1-4H,5-6H2. The van der Waals surface area contributed by atoms with Gasteiger partial charge in [-0.25, -0.2) is 4.79 Å². The molecule has 0 aromatic heterocycles. The third-order valence-electron chi connectivity index (χ3n) is 1.40. The maximum atomic E-state index is 11.3. The van der Waals surface area contributed by atoms with Crippen molar-refractivity contribution in [3.05, 3.63) is 33.4 Å². The van der Waals surface area contributed by atoms with Gasteiger partial charge in [-0.2, -0.15) is 0 Å². The molecule has 70 valence electrons. The molecule has 0 heterocycles. The molecule has 0 aliphatic rings. The van der Waals surface area contributed by atoms with E-state index in [1.807, 2.05) is 12.1 Å². The van der Waals surface area contributed by atoms with Gasteiger partial charge in [0.2, 0.25) is 0 Å². The number of halogens is 2. The van der Waals surface area contributed by atoms with Crippen LogP contribution in [-0.2, 0) is 4.74 Å². The fraction of sp³-hybridized carbons (Fsp3) is 0.222. The third-order valence-corrected chi connectivity index (χ3v) is 2.50. The van der Waals surface area contributed by atoms with E-state index in [0.717, 1.165) is 3.57 Å². The number of rotatable bonds is 3. The Morgan fingerprint density at radius 3 is 2.77 bits per heavy atom. The lowest BCUT2D eigenvalue weighted by Crippen LogP contribution is -2.08. The van der Waals surface area contributed by atoms with Gasteiger partial charge in [0.25, 0.3) is 0 Å². The van der Waals surface area contributed by atoms with Gasteiger partial charge in [-0.3, -0.25) is 0 Å². The molecule has 0 aliphatic heterocycles. The van der Waals surface area contributed by atoms with Gasteiger partial charge in [0.05, 0.1) is 11.4 Å². The molecule has 2 nitrogen and oxygen atoms in total. The van der Waals surface area contributed by atoms with E-state index in [1.54, 1.807) is 12.1 Å². The molecule has 0 N–H and O–H groups in total. The van der Waals surface area contributed by atoms with Crippen LogP contribution in [0.1, 0.15) is 10.4 Å². The van der Waals surface area contributed by atoms with Crippen LogP contribution in [0, 0.1) is 3.57 Å². The van der Waals surface area contributed by atoms with Crippen LogP contribution < -0.4 is 0 Å². The van der Waals surface area contributed by atoms with Crippen molar-refractivity contribution in [2.75, 3.05) is 12.5 Å². The fourth-order valence-corrected chi connectivity index (χ4v) is 1.52. The Kier molecular flexibility index (Phi) is 4.52. The predicted molar refractivity (Wildman–Crippen MR) is 60.2 cm³/mol. The molecule has 0 saturated carbocycles. The van der Waals surface area contributed by atoms with Gasteiger partial charge >= 0.3 is 5.97 Å². The summed E-state index contributed by atoms with van der Waals surface area (Å²) in [6.45, 7) is 0.255. The largest absolute Gasteiger partial charge is 0.461 e. The number of carbonyl (C=O) groups is 1. The number of ether oxygens (including phenoxy) is 1. The van der Waals surface area contributed by atoms with Crippen molar-refractivity contribution in [1.82, 2.24) is 0 Å². The Morgan fingerprint density at radius 2 is 2.15 bits per heavy atom. The minimum absolute atomic E-state index is 0.255. The van der Waals surface area contributed by atoms with Gasteiger partial charge in [-0.1, -0.05) is 12.1 Å². The zero-order chi connectivity index (χ0) is 9.68. The molecule has 0 fully saturated rings. The highest BCUT2D eigenvalue weighted by molar-refractivity contribution is 14.1. The van der Waals surface area contributed by atoms with E-state index < -0.39 is 0 Å². The van der Waals surface area contributed by atoms with Crippen molar-refractivity contribution in [1.29, 1.82) is 0 Å². The monoisotopic (exact) mass is 310 g/mol. The summed E-state index contributed by atoms with van der Waals surface area (Å²) in [6, 6.07) is 7.27. The lowest BCUT2D eigenvalue weighted by Gasteiger charge is -2.03. The summed E-state index contributed by atoms with van der Waals surface area (Å²) in [4.78, 5) is 11.3. The average Bonchev–Trinajstić information content (AvgIpc) is 2.15. The topological polar surface area (TPSA) is 26.3 Å². The van der Waals surface area contributed by atoms with Crippen molar-refractivity contribution >= 4 is 40.2 Å². The summed E-state index contributed by atoms with van der Waals surface area (Å²) in [5.74, 6) is 0.0143. The second kappa shape index (κ2) is 5.44.